The number of rotatable bonds is 5. The fourth-order valence-corrected chi connectivity index (χ4v) is 4.31. The molecule has 13 heteroatoms. The van der Waals surface area contributed by atoms with Gasteiger partial charge in [0, 0.05) is 56.0 Å². The van der Waals surface area contributed by atoms with Crippen molar-refractivity contribution in [3.8, 4) is 0 Å². The van der Waals surface area contributed by atoms with E-state index in [0.29, 0.717) is 55.3 Å². The third-order valence-electron chi connectivity index (χ3n) is 5.77. The minimum atomic E-state index is -0.401. The summed E-state index contributed by atoms with van der Waals surface area (Å²) in [6, 6.07) is 6.61. The number of methoxy groups -OCH3 is 1. The van der Waals surface area contributed by atoms with Gasteiger partial charge in [0.15, 0.2) is 0 Å². The molecule has 2 fully saturated rings. The Balaban J connectivity index is 0.00000324. The predicted octanol–water partition coefficient (Wildman–Crippen LogP) is -0.447. The summed E-state index contributed by atoms with van der Waals surface area (Å²) < 4.78 is 4.75. The van der Waals surface area contributed by atoms with Crippen LogP contribution in [0.3, 0.4) is 0 Å². The second-order valence-electron chi connectivity index (χ2n) is 8.77. The molecular formula is C21H33ClN10O2. The summed E-state index contributed by atoms with van der Waals surface area (Å²) in [5.74, 6) is 0.946. The van der Waals surface area contributed by atoms with Crippen LogP contribution < -0.4 is 38.1 Å². The van der Waals surface area contributed by atoms with E-state index >= 15 is 0 Å². The zero-order chi connectivity index (χ0) is 23.5. The smallest absolute Gasteiger partial charge is 0.337 e. The Bertz CT molecular complexity index is 914. The van der Waals surface area contributed by atoms with Crippen LogP contribution in [0.25, 0.3) is 0 Å². The number of carbonyl (C=O) groups is 1. The van der Waals surface area contributed by atoms with Crippen molar-refractivity contribution in [1.29, 1.82) is 0 Å². The van der Waals surface area contributed by atoms with Crippen molar-refractivity contribution in [2.45, 2.75) is 37.0 Å². The lowest BCUT2D eigenvalue weighted by Gasteiger charge is -2.37. The lowest BCUT2D eigenvalue weighted by Crippen LogP contribution is -2.54. The van der Waals surface area contributed by atoms with E-state index < -0.39 is 5.97 Å². The van der Waals surface area contributed by atoms with E-state index in [4.69, 9.17) is 32.7 Å². The van der Waals surface area contributed by atoms with E-state index in [9.17, 15) is 4.79 Å². The highest BCUT2D eigenvalue weighted by atomic mass is 35.5. The molecule has 12 nitrogen and oxygen atoms in total. The van der Waals surface area contributed by atoms with Crippen molar-refractivity contribution < 1.29 is 9.53 Å². The Hall–Kier alpha value is -2.77. The van der Waals surface area contributed by atoms with Gasteiger partial charge in [0.2, 0.25) is 17.8 Å². The van der Waals surface area contributed by atoms with Gasteiger partial charge in [-0.05, 0) is 37.1 Å². The van der Waals surface area contributed by atoms with Gasteiger partial charge in [-0.3, -0.25) is 0 Å². The molecule has 186 valence electrons. The maximum absolute atomic E-state index is 11.7. The Morgan fingerprint density at radius 1 is 0.853 bits per heavy atom. The molecule has 0 amide bonds. The molecule has 2 aliphatic rings. The summed E-state index contributed by atoms with van der Waals surface area (Å²) in [6.07, 6.45) is 1.50. The van der Waals surface area contributed by atoms with E-state index in [-0.39, 0.29) is 36.6 Å². The van der Waals surface area contributed by atoms with Crippen molar-refractivity contribution >= 4 is 41.9 Å². The van der Waals surface area contributed by atoms with Crippen LogP contribution in [0.5, 0.6) is 0 Å². The Morgan fingerprint density at radius 3 is 1.71 bits per heavy atom. The largest absolute Gasteiger partial charge is 0.465 e. The molecule has 1 aromatic carbocycles. The molecule has 3 heterocycles. The summed E-state index contributed by atoms with van der Waals surface area (Å²) in [5.41, 5.74) is 25.9. The van der Waals surface area contributed by atoms with Crippen molar-refractivity contribution in [3.05, 3.63) is 29.8 Å². The van der Waals surface area contributed by atoms with Crippen molar-refractivity contribution in [2.75, 3.05) is 48.4 Å². The van der Waals surface area contributed by atoms with Crippen LogP contribution >= 0.6 is 12.4 Å². The number of aromatic nitrogens is 3. The number of halogens is 1. The summed E-state index contributed by atoms with van der Waals surface area (Å²) in [6.45, 7) is 2.40. The van der Waals surface area contributed by atoms with Gasteiger partial charge >= 0.3 is 5.97 Å². The van der Waals surface area contributed by atoms with E-state index in [1.165, 1.54) is 7.11 Å². The molecule has 0 saturated carbocycles. The predicted molar refractivity (Wildman–Crippen MR) is 134 cm³/mol. The van der Waals surface area contributed by atoms with E-state index in [0.717, 1.165) is 12.8 Å². The van der Waals surface area contributed by atoms with Crippen molar-refractivity contribution in [3.63, 3.8) is 0 Å². The van der Waals surface area contributed by atoms with Gasteiger partial charge < -0.3 is 42.8 Å². The van der Waals surface area contributed by atoms with Crippen LogP contribution in [0.2, 0.25) is 0 Å². The number of piperidine rings is 2. The summed E-state index contributed by atoms with van der Waals surface area (Å²) in [5, 5.41) is 3.20. The van der Waals surface area contributed by atoms with Crippen LogP contribution in [0, 0.1) is 0 Å². The number of hydrogen-bond acceptors (Lipinski definition) is 12. The van der Waals surface area contributed by atoms with E-state index in [1.807, 2.05) is 9.80 Å². The maximum Gasteiger partial charge on any atom is 0.337 e. The van der Waals surface area contributed by atoms with E-state index in [1.54, 1.807) is 24.3 Å². The monoisotopic (exact) mass is 492 g/mol. The number of anilines is 4. The van der Waals surface area contributed by atoms with Crippen LogP contribution in [0.1, 0.15) is 23.2 Å². The molecule has 0 spiro atoms. The molecule has 34 heavy (non-hydrogen) atoms. The third-order valence-corrected chi connectivity index (χ3v) is 5.77. The Kier molecular flexibility index (Phi) is 8.44. The summed E-state index contributed by atoms with van der Waals surface area (Å²) >= 11 is 0. The topological polar surface area (TPSA) is 188 Å². The first-order valence-corrected chi connectivity index (χ1v) is 11.0. The minimum Gasteiger partial charge on any atom is -0.465 e. The molecule has 0 bridgehead atoms. The molecule has 0 aliphatic carbocycles. The highest BCUT2D eigenvalue weighted by Gasteiger charge is 2.28. The first kappa shape index (κ1) is 25.8. The number of ether oxygens (including phenoxy) is 1. The number of benzene rings is 1. The number of nitrogens with one attached hydrogen (secondary N) is 1. The molecule has 0 unspecified atom stereocenters. The van der Waals surface area contributed by atoms with Gasteiger partial charge in [-0.15, -0.1) is 12.4 Å². The molecule has 0 radical (unpaired) electrons. The van der Waals surface area contributed by atoms with Crippen LogP contribution in [-0.4, -0.2) is 78.4 Å². The Morgan fingerprint density at radius 2 is 1.29 bits per heavy atom. The zero-order valence-corrected chi connectivity index (χ0v) is 19.9. The van der Waals surface area contributed by atoms with Crippen LogP contribution in [-0.2, 0) is 4.74 Å². The summed E-state index contributed by atoms with van der Waals surface area (Å²) in [7, 11) is 1.35. The van der Waals surface area contributed by atoms with Gasteiger partial charge in [0.1, 0.15) is 0 Å². The molecular weight excluding hydrogens is 460 g/mol. The molecule has 4 atom stereocenters. The SMILES string of the molecule is COC(=O)c1ccc(Nc2nc(N3C[C@H](N)C[C@H](N)C3)nc(N3C[C@H](N)C[C@H](N)C3)n2)cc1.Cl. The molecule has 1 aromatic heterocycles. The van der Waals surface area contributed by atoms with Crippen LogP contribution in [0.15, 0.2) is 24.3 Å². The Labute approximate surface area is 204 Å². The molecule has 9 N–H and O–H groups in total. The second kappa shape index (κ2) is 11.1. The number of esters is 1. The standard InChI is InChI=1S/C21H32N10O2.ClH/c1-33-18(32)12-2-4-17(5-3-12)26-19-27-20(30-8-13(22)6-14(23)9-30)29-21(28-19)31-10-15(24)7-16(25)11-31;/h2-5,13-16H,6-11,22-25H2,1H3,(H,26,27,28,29);1H/t13-,14+,15-,16+;. The average molecular weight is 493 g/mol. The highest BCUT2D eigenvalue weighted by molar-refractivity contribution is 5.89. The fourth-order valence-electron chi connectivity index (χ4n) is 4.31. The van der Waals surface area contributed by atoms with Gasteiger partial charge in [0.05, 0.1) is 12.7 Å². The van der Waals surface area contributed by atoms with Crippen molar-refractivity contribution in [1.82, 2.24) is 15.0 Å². The molecule has 2 aromatic rings. The van der Waals surface area contributed by atoms with Crippen molar-refractivity contribution in [2.24, 2.45) is 22.9 Å². The van der Waals surface area contributed by atoms with Gasteiger partial charge in [-0.1, -0.05) is 0 Å². The lowest BCUT2D eigenvalue weighted by atomic mass is 10.0. The van der Waals surface area contributed by atoms with Crippen LogP contribution in [0.4, 0.5) is 23.5 Å². The first-order chi connectivity index (χ1) is 15.8. The molecule has 2 saturated heterocycles. The summed E-state index contributed by atoms with van der Waals surface area (Å²) in [4.78, 5) is 29.6. The van der Waals surface area contributed by atoms with Gasteiger partial charge in [0.25, 0.3) is 0 Å². The number of nitrogens with zero attached hydrogens (tertiary/aromatic N) is 5. The van der Waals surface area contributed by atoms with E-state index in [2.05, 4.69) is 15.3 Å². The normalized spacial score (nSPS) is 24.9. The second-order valence-corrected chi connectivity index (χ2v) is 8.77. The average Bonchev–Trinajstić information content (AvgIpc) is 2.77. The number of hydrogen-bond donors (Lipinski definition) is 5. The highest BCUT2D eigenvalue weighted by Crippen LogP contribution is 2.24. The quantitative estimate of drug-likeness (QED) is 0.339. The van der Waals surface area contributed by atoms with Gasteiger partial charge in [-0.25, -0.2) is 4.79 Å². The third kappa shape index (κ3) is 6.21. The fraction of sp³-hybridized carbons (Fsp3) is 0.524. The van der Waals surface area contributed by atoms with Gasteiger partial charge in [-0.2, -0.15) is 15.0 Å². The number of carbonyl (C=O) groups excluding carboxylic acids is 1. The lowest BCUT2D eigenvalue weighted by molar-refractivity contribution is 0.0601. The zero-order valence-electron chi connectivity index (χ0n) is 19.1. The maximum atomic E-state index is 11.7. The molecule has 2 aliphatic heterocycles. The minimum absolute atomic E-state index is 0. The number of nitrogens with two attached hydrogens (primary N) is 4. The molecule has 4 rings (SSSR count). The first-order valence-electron chi connectivity index (χ1n) is 11.0.